The van der Waals surface area contributed by atoms with Gasteiger partial charge in [0.15, 0.2) is 0 Å². The molecule has 1 N–H and O–H groups in total. The largest absolute Gasteiger partial charge is 0.382 e. The highest BCUT2D eigenvalue weighted by molar-refractivity contribution is 5.55. The van der Waals surface area contributed by atoms with Crippen LogP contribution in [-0.4, -0.2) is 23.7 Å². The molecule has 1 fully saturated rings. The molecule has 110 valence electrons. The molecule has 5 nitrogen and oxygen atoms in total. The van der Waals surface area contributed by atoms with E-state index in [0.717, 1.165) is 43.5 Å². The lowest BCUT2D eigenvalue weighted by atomic mass is 9.99. The number of anilines is 1. The third-order valence-electron chi connectivity index (χ3n) is 3.76. The van der Waals surface area contributed by atoms with Gasteiger partial charge in [0.1, 0.15) is 0 Å². The number of benzene rings is 1. The number of ether oxygens (including phenoxy) is 1. The Bertz CT molecular complexity index is 474. The van der Waals surface area contributed by atoms with E-state index >= 15 is 0 Å². The lowest BCUT2D eigenvalue weighted by Gasteiger charge is -2.31. The third kappa shape index (κ3) is 3.70. The Labute approximate surface area is 119 Å². The maximum absolute atomic E-state index is 10.7. The molecule has 2 rings (SSSR count). The quantitative estimate of drug-likeness (QED) is 0.659. The van der Waals surface area contributed by atoms with Crippen molar-refractivity contribution in [1.82, 2.24) is 0 Å². The van der Waals surface area contributed by atoms with E-state index < -0.39 is 0 Å². The summed E-state index contributed by atoms with van der Waals surface area (Å²) in [7, 11) is 0. The average Bonchev–Trinajstić information content (AvgIpc) is 2.42. The summed E-state index contributed by atoms with van der Waals surface area (Å²) in [6.45, 7) is 4.85. The zero-order chi connectivity index (χ0) is 14.5. The molecule has 1 aromatic rings. The molecular formula is C15H22N2O3. The zero-order valence-electron chi connectivity index (χ0n) is 12.1. The van der Waals surface area contributed by atoms with Gasteiger partial charge in [-0.1, -0.05) is 13.3 Å². The minimum Gasteiger partial charge on any atom is -0.382 e. The molecule has 1 saturated heterocycles. The van der Waals surface area contributed by atoms with Crippen molar-refractivity contribution in [3.8, 4) is 0 Å². The van der Waals surface area contributed by atoms with Crippen LogP contribution >= 0.6 is 0 Å². The van der Waals surface area contributed by atoms with Gasteiger partial charge in [0.05, 0.1) is 11.0 Å². The predicted octanol–water partition coefficient (Wildman–Crippen LogP) is 3.66. The Morgan fingerprint density at radius 2 is 2.30 bits per heavy atom. The van der Waals surface area contributed by atoms with Crippen LogP contribution in [0, 0.1) is 17.0 Å². The van der Waals surface area contributed by atoms with Gasteiger partial charge in [0, 0.05) is 30.5 Å². The fourth-order valence-electron chi connectivity index (χ4n) is 2.68. The van der Waals surface area contributed by atoms with Gasteiger partial charge < -0.3 is 10.1 Å². The Morgan fingerprint density at radius 1 is 1.50 bits per heavy atom. The molecule has 0 aromatic heterocycles. The number of aryl methyl sites for hydroxylation is 1. The Balaban J connectivity index is 2.00. The summed E-state index contributed by atoms with van der Waals surface area (Å²) < 4.78 is 5.74. The van der Waals surface area contributed by atoms with Crippen LogP contribution in [0.15, 0.2) is 18.2 Å². The molecule has 1 heterocycles. The van der Waals surface area contributed by atoms with E-state index in [1.54, 1.807) is 18.2 Å². The summed E-state index contributed by atoms with van der Waals surface area (Å²) in [6.07, 6.45) is 4.55. The Hall–Kier alpha value is -1.62. The lowest BCUT2D eigenvalue weighted by molar-refractivity contribution is -0.384. The minimum atomic E-state index is -0.359. The molecular weight excluding hydrogens is 256 g/mol. The fourth-order valence-corrected chi connectivity index (χ4v) is 2.68. The van der Waals surface area contributed by atoms with E-state index in [9.17, 15) is 10.1 Å². The molecule has 0 saturated carbocycles. The van der Waals surface area contributed by atoms with Crippen molar-refractivity contribution in [2.45, 2.75) is 51.7 Å². The molecule has 0 spiro atoms. The van der Waals surface area contributed by atoms with Crippen LogP contribution < -0.4 is 5.32 Å². The van der Waals surface area contributed by atoms with Crippen molar-refractivity contribution >= 4 is 11.4 Å². The summed E-state index contributed by atoms with van der Waals surface area (Å²) in [6, 6.07) is 5.36. The second-order valence-electron chi connectivity index (χ2n) is 5.40. The van der Waals surface area contributed by atoms with Crippen LogP contribution in [0.2, 0.25) is 0 Å². The molecule has 0 amide bonds. The summed E-state index contributed by atoms with van der Waals surface area (Å²) in [5.74, 6) is 0. The van der Waals surface area contributed by atoms with Crippen LogP contribution in [0.3, 0.4) is 0 Å². The van der Waals surface area contributed by atoms with E-state index in [-0.39, 0.29) is 10.6 Å². The highest BCUT2D eigenvalue weighted by Crippen LogP contribution is 2.25. The first-order chi connectivity index (χ1) is 9.60. The van der Waals surface area contributed by atoms with Crippen molar-refractivity contribution < 1.29 is 9.66 Å². The summed E-state index contributed by atoms with van der Waals surface area (Å²) in [5.41, 5.74) is 2.04. The van der Waals surface area contributed by atoms with Crippen molar-refractivity contribution in [2.75, 3.05) is 11.9 Å². The standard InChI is InChI=1S/C15H22N2O3/c1-3-4-14-10-12(7-8-20-14)16-15-6-5-13(17(18)19)9-11(15)2/h5-6,9,12,14,16H,3-4,7-8,10H2,1-2H3. The number of nitro benzene ring substituents is 1. The number of nitrogens with zero attached hydrogens (tertiary/aromatic N) is 1. The van der Waals surface area contributed by atoms with E-state index in [0.29, 0.717) is 12.1 Å². The maximum atomic E-state index is 10.7. The first kappa shape index (κ1) is 14.8. The van der Waals surface area contributed by atoms with Crippen LogP contribution in [-0.2, 0) is 4.74 Å². The molecule has 5 heteroatoms. The van der Waals surface area contributed by atoms with Gasteiger partial charge >= 0.3 is 0 Å². The molecule has 2 atom stereocenters. The van der Waals surface area contributed by atoms with Gasteiger partial charge in [-0.15, -0.1) is 0 Å². The first-order valence-electron chi connectivity index (χ1n) is 7.23. The van der Waals surface area contributed by atoms with Gasteiger partial charge in [0.2, 0.25) is 0 Å². The van der Waals surface area contributed by atoms with Crippen LogP contribution in [0.5, 0.6) is 0 Å². The van der Waals surface area contributed by atoms with E-state index in [1.165, 1.54) is 0 Å². The molecule has 2 unspecified atom stereocenters. The molecule has 1 aliphatic heterocycles. The first-order valence-corrected chi connectivity index (χ1v) is 7.23. The predicted molar refractivity (Wildman–Crippen MR) is 79.1 cm³/mol. The summed E-state index contributed by atoms with van der Waals surface area (Å²) in [4.78, 5) is 10.4. The second-order valence-corrected chi connectivity index (χ2v) is 5.40. The van der Waals surface area contributed by atoms with Crippen molar-refractivity contribution in [3.63, 3.8) is 0 Å². The lowest BCUT2D eigenvalue weighted by Crippen LogP contribution is -2.34. The number of hydrogen-bond donors (Lipinski definition) is 1. The number of non-ortho nitro benzene ring substituents is 1. The fraction of sp³-hybridized carbons (Fsp3) is 0.600. The molecule has 20 heavy (non-hydrogen) atoms. The van der Waals surface area contributed by atoms with Crippen LogP contribution in [0.25, 0.3) is 0 Å². The van der Waals surface area contributed by atoms with Gasteiger partial charge in [-0.2, -0.15) is 0 Å². The molecule has 1 aliphatic rings. The van der Waals surface area contributed by atoms with Crippen LogP contribution in [0.4, 0.5) is 11.4 Å². The SMILES string of the molecule is CCCC1CC(Nc2ccc([N+](=O)[O-])cc2C)CCO1. The van der Waals surface area contributed by atoms with Crippen molar-refractivity contribution in [2.24, 2.45) is 0 Å². The molecule has 0 aliphatic carbocycles. The van der Waals surface area contributed by atoms with Gasteiger partial charge in [-0.05, 0) is 37.8 Å². The smallest absolute Gasteiger partial charge is 0.269 e. The summed E-state index contributed by atoms with van der Waals surface area (Å²) in [5, 5.41) is 14.2. The van der Waals surface area contributed by atoms with Gasteiger partial charge in [-0.25, -0.2) is 0 Å². The third-order valence-corrected chi connectivity index (χ3v) is 3.76. The van der Waals surface area contributed by atoms with E-state index in [2.05, 4.69) is 12.2 Å². The van der Waals surface area contributed by atoms with E-state index in [4.69, 9.17) is 4.74 Å². The Morgan fingerprint density at radius 3 is 2.95 bits per heavy atom. The van der Waals surface area contributed by atoms with Gasteiger partial charge in [-0.3, -0.25) is 10.1 Å². The molecule has 0 bridgehead atoms. The highest BCUT2D eigenvalue weighted by atomic mass is 16.6. The number of nitro groups is 1. The van der Waals surface area contributed by atoms with Crippen molar-refractivity contribution in [1.29, 1.82) is 0 Å². The topological polar surface area (TPSA) is 64.4 Å². The molecule has 1 aromatic carbocycles. The monoisotopic (exact) mass is 278 g/mol. The second kappa shape index (κ2) is 6.70. The minimum absolute atomic E-state index is 0.142. The average molecular weight is 278 g/mol. The van der Waals surface area contributed by atoms with Crippen LogP contribution in [0.1, 0.15) is 38.2 Å². The number of hydrogen-bond acceptors (Lipinski definition) is 4. The molecule has 0 radical (unpaired) electrons. The van der Waals surface area contributed by atoms with E-state index in [1.807, 2.05) is 6.92 Å². The normalized spacial score (nSPS) is 22.5. The Kier molecular flexibility index (Phi) is 4.95. The maximum Gasteiger partial charge on any atom is 0.269 e. The highest BCUT2D eigenvalue weighted by Gasteiger charge is 2.22. The van der Waals surface area contributed by atoms with Crippen molar-refractivity contribution in [3.05, 3.63) is 33.9 Å². The number of nitrogens with one attached hydrogen (secondary N) is 1. The zero-order valence-corrected chi connectivity index (χ0v) is 12.1. The van der Waals surface area contributed by atoms with Gasteiger partial charge in [0.25, 0.3) is 5.69 Å². The number of rotatable bonds is 5. The summed E-state index contributed by atoms with van der Waals surface area (Å²) >= 11 is 0.